The third kappa shape index (κ3) is 9.30. The summed E-state index contributed by atoms with van der Waals surface area (Å²) in [6.45, 7) is 4.18. The molecule has 1 aromatic carbocycles. The average molecular weight is 405 g/mol. The van der Waals surface area contributed by atoms with Gasteiger partial charge in [-0.2, -0.15) is 0 Å². The Morgan fingerprint density at radius 1 is 1.14 bits per heavy atom. The molecule has 2 rings (SSSR count). The van der Waals surface area contributed by atoms with Crippen LogP contribution in [0.5, 0.6) is 0 Å². The molecule has 0 amide bonds. The lowest BCUT2D eigenvalue weighted by molar-refractivity contribution is 0.0423. The fraction of sp³-hybridized carbons (Fsp3) is 0.476. The Bertz CT molecular complexity index is 688. The number of benzene rings is 1. The zero-order valence-corrected chi connectivity index (χ0v) is 17.8. The van der Waals surface area contributed by atoms with Crippen LogP contribution < -0.4 is 10.6 Å². The van der Waals surface area contributed by atoms with Gasteiger partial charge in [0.25, 0.3) is 0 Å². The number of rotatable bonds is 11. The van der Waals surface area contributed by atoms with Crippen molar-refractivity contribution >= 4 is 17.7 Å². The second-order valence-electron chi connectivity index (χ2n) is 7.24. The summed E-state index contributed by atoms with van der Waals surface area (Å²) in [7, 11) is 3.89. The third-order valence-electron chi connectivity index (χ3n) is 3.89. The molecule has 1 atom stereocenters. The first-order valence-corrected chi connectivity index (χ1v) is 10.5. The van der Waals surface area contributed by atoms with E-state index in [1.807, 2.05) is 56.3 Å². The fourth-order valence-corrected chi connectivity index (χ4v) is 3.56. The molecule has 0 aliphatic rings. The number of likely N-dealkylation sites (N-methyl/N-ethyl adjacent to an activating group) is 1. The van der Waals surface area contributed by atoms with Crippen LogP contribution in [0.3, 0.4) is 0 Å². The Labute approximate surface area is 172 Å². The molecule has 0 saturated carbocycles. The van der Waals surface area contributed by atoms with E-state index in [9.17, 15) is 5.11 Å². The van der Waals surface area contributed by atoms with Crippen molar-refractivity contribution in [1.29, 1.82) is 0 Å². The number of nitrogens with zero attached hydrogens (tertiary/aromatic N) is 2. The van der Waals surface area contributed by atoms with Crippen LogP contribution >= 0.6 is 11.8 Å². The summed E-state index contributed by atoms with van der Waals surface area (Å²) in [5, 5.41) is 17.2. The Morgan fingerprint density at radius 2 is 1.89 bits per heavy atom. The first kappa shape index (κ1) is 22.3. The number of aliphatic imine (C=N–C) groups is 1. The highest BCUT2D eigenvalue weighted by Crippen LogP contribution is 2.15. The maximum atomic E-state index is 10.5. The first-order valence-electron chi connectivity index (χ1n) is 9.54. The maximum Gasteiger partial charge on any atom is 0.191 e. The standard InChI is InChI=1S/C21H32N4O2S/c1-21(26,17-25(2)3)16-24-20(22-12-11-18-8-7-14-27-18)23-13-15-28-19-9-5-4-6-10-19/h4-10,14,26H,11-13,15-17H2,1-3H3,(H2,22,23,24). The quantitative estimate of drug-likeness (QED) is 0.231. The van der Waals surface area contributed by atoms with Crippen molar-refractivity contribution in [3.63, 3.8) is 0 Å². The van der Waals surface area contributed by atoms with Crippen LogP contribution in [0.25, 0.3) is 0 Å². The monoisotopic (exact) mass is 404 g/mol. The lowest BCUT2D eigenvalue weighted by atomic mass is 10.1. The van der Waals surface area contributed by atoms with E-state index < -0.39 is 5.60 Å². The van der Waals surface area contributed by atoms with E-state index in [0.717, 1.165) is 24.5 Å². The predicted molar refractivity (Wildman–Crippen MR) is 117 cm³/mol. The van der Waals surface area contributed by atoms with Gasteiger partial charge in [-0.05, 0) is 45.3 Å². The molecular formula is C21H32N4O2S. The highest BCUT2D eigenvalue weighted by molar-refractivity contribution is 7.99. The number of thioether (sulfide) groups is 1. The first-order chi connectivity index (χ1) is 13.4. The largest absolute Gasteiger partial charge is 0.469 e. The van der Waals surface area contributed by atoms with Gasteiger partial charge in [0, 0.05) is 36.7 Å². The molecule has 0 spiro atoms. The molecule has 6 nitrogen and oxygen atoms in total. The van der Waals surface area contributed by atoms with Gasteiger partial charge in [-0.3, -0.25) is 4.99 Å². The van der Waals surface area contributed by atoms with Gasteiger partial charge in [0.05, 0.1) is 18.4 Å². The van der Waals surface area contributed by atoms with Gasteiger partial charge >= 0.3 is 0 Å². The number of hydrogen-bond acceptors (Lipinski definition) is 5. The molecule has 1 unspecified atom stereocenters. The summed E-state index contributed by atoms with van der Waals surface area (Å²) >= 11 is 1.80. The second-order valence-corrected chi connectivity index (χ2v) is 8.41. The summed E-state index contributed by atoms with van der Waals surface area (Å²) in [4.78, 5) is 7.80. The smallest absolute Gasteiger partial charge is 0.191 e. The Kier molecular flexibility index (Phi) is 9.40. The molecule has 1 aromatic heterocycles. The topological polar surface area (TPSA) is 73.0 Å². The van der Waals surface area contributed by atoms with Crippen LogP contribution in [-0.2, 0) is 6.42 Å². The van der Waals surface area contributed by atoms with Crippen LogP contribution in [0.2, 0.25) is 0 Å². The SMILES string of the molecule is CN(C)CC(C)(O)CN=C(NCCSc1ccccc1)NCCc1ccco1. The van der Waals surface area contributed by atoms with Crippen LogP contribution in [0, 0.1) is 0 Å². The van der Waals surface area contributed by atoms with Gasteiger partial charge in [0.1, 0.15) is 5.76 Å². The molecule has 0 aliphatic carbocycles. The van der Waals surface area contributed by atoms with Crippen molar-refractivity contribution in [2.45, 2.75) is 23.8 Å². The minimum atomic E-state index is -0.877. The van der Waals surface area contributed by atoms with Crippen LogP contribution in [0.4, 0.5) is 0 Å². The van der Waals surface area contributed by atoms with Crippen molar-refractivity contribution in [2.24, 2.45) is 4.99 Å². The second kappa shape index (κ2) is 11.8. The molecule has 0 radical (unpaired) electrons. The van der Waals surface area contributed by atoms with E-state index in [1.54, 1.807) is 18.0 Å². The number of furan rings is 1. The van der Waals surface area contributed by atoms with Crippen molar-refractivity contribution in [1.82, 2.24) is 15.5 Å². The minimum absolute atomic E-state index is 0.326. The van der Waals surface area contributed by atoms with Crippen LogP contribution in [0.1, 0.15) is 12.7 Å². The zero-order chi connectivity index (χ0) is 20.2. The van der Waals surface area contributed by atoms with Gasteiger partial charge < -0.3 is 25.1 Å². The number of guanidine groups is 1. The van der Waals surface area contributed by atoms with E-state index in [0.29, 0.717) is 25.6 Å². The summed E-state index contributed by atoms with van der Waals surface area (Å²) in [6, 6.07) is 14.2. The molecular weight excluding hydrogens is 372 g/mol. The van der Waals surface area contributed by atoms with Crippen molar-refractivity contribution < 1.29 is 9.52 Å². The molecule has 7 heteroatoms. The normalized spacial score (nSPS) is 14.1. The summed E-state index contributed by atoms with van der Waals surface area (Å²) in [6.07, 6.45) is 2.46. The average Bonchev–Trinajstić information content (AvgIpc) is 3.16. The minimum Gasteiger partial charge on any atom is -0.469 e. The summed E-state index contributed by atoms with van der Waals surface area (Å²) in [5.41, 5.74) is -0.877. The predicted octanol–water partition coefficient (Wildman–Crippen LogP) is 2.46. The molecule has 0 fully saturated rings. The van der Waals surface area contributed by atoms with E-state index in [1.165, 1.54) is 4.90 Å². The van der Waals surface area contributed by atoms with Gasteiger partial charge in [-0.25, -0.2) is 0 Å². The van der Waals surface area contributed by atoms with E-state index in [2.05, 4.69) is 27.8 Å². The molecule has 0 aliphatic heterocycles. The lowest BCUT2D eigenvalue weighted by Gasteiger charge is -2.25. The van der Waals surface area contributed by atoms with E-state index >= 15 is 0 Å². The highest BCUT2D eigenvalue weighted by atomic mass is 32.2. The van der Waals surface area contributed by atoms with Crippen molar-refractivity contribution in [3.8, 4) is 0 Å². The Hall–Kier alpha value is -1.96. The summed E-state index contributed by atoms with van der Waals surface area (Å²) in [5.74, 6) is 2.57. The van der Waals surface area contributed by atoms with E-state index in [-0.39, 0.29) is 0 Å². The fourth-order valence-electron chi connectivity index (χ4n) is 2.77. The molecule has 0 bridgehead atoms. The summed E-state index contributed by atoms with van der Waals surface area (Å²) < 4.78 is 5.37. The third-order valence-corrected chi connectivity index (χ3v) is 4.90. The van der Waals surface area contributed by atoms with Gasteiger partial charge in [-0.15, -0.1) is 11.8 Å². The van der Waals surface area contributed by atoms with Crippen LogP contribution in [-0.4, -0.2) is 67.6 Å². The molecule has 3 N–H and O–H groups in total. The molecule has 0 saturated heterocycles. The van der Waals surface area contributed by atoms with Gasteiger partial charge in [0.2, 0.25) is 0 Å². The Balaban J connectivity index is 1.83. The number of nitrogens with one attached hydrogen (secondary N) is 2. The van der Waals surface area contributed by atoms with E-state index in [4.69, 9.17) is 4.42 Å². The molecule has 2 aromatic rings. The maximum absolute atomic E-state index is 10.5. The zero-order valence-electron chi connectivity index (χ0n) is 17.0. The van der Waals surface area contributed by atoms with Crippen LogP contribution in [0.15, 0.2) is 63.0 Å². The Morgan fingerprint density at radius 3 is 2.57 bits per heavy atom. The van der Waals surface area contributed by atoms with Gasteiger partial charge in [0.15, 0.2) is 5.96 Å². The number of aliphatic hydroxyl groups is 1. The molecule has 28 heavy (non-hydrogen) atoms. The van der Waals surface area contributed by atoms with Crippen molar-refractivity contribution in [2.75, 3.05) is 46.0 Å². The highest BCUT2D eigenvalue weighted by Gasteiger charge is 2.21. The lowest BCUT2D eigenvalue weighted by Crippen LogP contribution is -2.43. The number of hydrogen-bond donors (Lipinski definition) is 3. The molecule has 154 valence electrons. The van der Waals surface area contributed by atoms with Gasteiger partial charge in [-0.1, -0.05) is 18.2 Å². The molecule has 1 heterocycles. The van der Waals surface area contributed by atoms with Crippen molar-refractivity contribution in [3.05, 3.63) is 54.5 Å².